The second-order valence-electron chi connectivity index (χ2n) is 9.07. The molecule has 32 heavy (non-hydrogen) atoms. The molecule has 3 rings (SSSR count). The first-order valence-electron chi connectivity index (χ1n) is 11.2. The maximum Gasteiger partial charge on any atom is 0.310 e. The van der Waals surface area contributed by atoms with Crippen LogP contribution in [0.15, 0.2) is 22.8 Å². The summed E-state index contributed by atoms with van der Waals surface area (Å²) in [6.07, 6.45) is 2.67. The van der Waals surface area contributed by atoms with Gasteiger partial charge in [0.15, 0.2) is 16.4 Å². The normalized spacial score (nSPS) is 18.8. The number of hydrogen-bond acceptors (Lipinski definition) is 6. The van der Waals surface area contributed by atoms with E-state index in [1.165, 1.54) is 5.56 Å². The van der Waals surface area contributed by atoms with Gasteiger partial charge >= 0.3 is 5.97 Å². The van der Waals surface area contributed by atoms with E-state index in [1.807, 2.05) is 26.8 Å². The zero-order valence-corrected chi connectivity index (χ0v) is 20.3. The second kappa shape index (κ2) is 9.65. The fourth-order valence-electron chi connectivity index (χ4n) is 4.43. The number of ether oxygens (including phenoxy) is 1. The van der Waals surface area contributed by atoms with Crippen LogP contribution in [0.1, 0.15) is 63.1 Å². The molecule has 176 valence electrons. The van der Waals surface area contributed by atoms with Gasteiger partial charge in [0.1, 0.15) is 5.58 Å². The molecule has 0 spiro atoms. The molecule has 0 saturated carbocycles. The lowest BCUT2D eigenvalue weighted by molar-refractivity contribution is -0.153. The third-order valence-electron chi connectivity index (χ3n) is 6.31. The van der Waals surface area contributed by atoms with E-state index in [-0.39, 0.29) is 35.9 Å². The Bertz CT molecular complexity index is 1100. The van der Waals surface area contributed by atoms with Crippen LogP contribution >= 0.6 is 0 Å². The summed E-state index contributed by atoms with van der Waals surface area (Å²) in [5, 5.41) is 0.875. The maximum absolute atomic E-state index is 12.9. The van der Waals surface area contributed by atoms with Crippen molar-refractivity contribution in [2.75, 3.05) is 18.1 Å². The van der Waals surface area contributed by atoms with Gasteiger partial charge in [-0.1, -0.05) is 20.8 Å². The largest absolute Gasteiger partial charge is 0.464 e. The topological polar surface area (TPSA) is 93.9 Å². The Hall–Kier alpha value is -2.35. The molecule has 1 aromatic heterocycles. The molecule has 2 atom stereocenters. The fraction of sp³-hybridized carbons (Fsp3) is 0.583. The second-order valence-corrected chi connectivity index (χ2v) is 11.3. The lowest BCUT2D eigenvalue weighted by Gasteiger charge is -2.33. The number of rotatable bonds is 8. The van der Waals surface area contributed by atoms with E-state index >= 15 is 0 Å². The van der Waals surface area contributed by atoms with Crippen LogP contribution in [0.25, 0.3) is 11.0 Å². The number of nitrogens with zero attached hydrogens (tertiary/aromatic N) is 1. The zero-order chi connectivity index (χ0) is 23.6. The predicted octanol–water partition coefficient (Wildman–Crippen LogP) is 3.76. The Morgan fingerprint density at radius 2 is 1.97 bits per heavy atom. The number of benzene rings is 1. The predicted molar refractivity (Wildman–Crippen MR) is 123 cm³/mol. The molecule has 1 amide bonds. The molecule has 8 heteroatoms. The summed E-state index contributed by atoms with van der Waals surface area (Å²) in [6, 6.07) is 3.53. The van der Waals surface area contributed by atoms with E-state index < -0.39 is 22.4 Å². The molecule has 2 aromatic rings. The van der Waals surface area contributed by atoms with E-state index in [0.29, 0.717) is 18.8 Å². The highest BCUT2D eigenvalue weighted by Crippen LogP contribution is 2.29. The first-order chi connectivity index (χ1) is 15.0. The van der Waals surface area contributed by atoms with E-state index in [2.05, 4.69) is 19.9 Å². The molecule has 0 bridgehead atoms. The first-order valence-corrected chi connectivity index (χ1v) is 13.0. The van der Waals surface area contributed by atoms with E-state index in [0.717, 1.165) is 22.1 Å². The summed E-state index contributed by atoms with van der Waals surface area (Å²) < 4.78 is 34.7. The number of esters is 1. The minimum atomic E-state index is -3.13. The van der Waals surface area contributed by atoms with Gasteiger partial charge in [-0.15, -0.1) is 0 Å². The Kier molecular flexibility index (Phi) is 7.32. The number of carbonyl (C=O) groups excluding carboxylic acids is 2. The first kappa shape index (κ1) is 24.3. The third kappa shape index (κ3) is 5.34. The van der Waals surface area contributed by atoms with Crippen LogP contribution in [0.5, 0.6) is 0 Å². The van der Waals surface area contributed by atoms with Crippen LogP contribution in [0.3, 0.4) is 0 Å². The van der Waals surface area contributed by atoms with Crippen molar-refractivity contribution in [2.24, 2.45) is 0 Å². The van der Waals surface area contributed by atoms with Gasteiger partial charge in [-0.25, -0.2) is 8.42 Å². The van der Waals surface area contributed by atoms with Gasteiger partial charge in [-0.05, 0) is 55.9 Å². The van der Waals surface area contributed by atoms with Crippen LogP contribution in [-0.4, -0.2) is 55.4 Å². The number of carbonyl (C=O) groups is 2. The van der Waals surface area contributed by atoms with Crippen LogP contribution in [0.2, 0.25) is 0 Å². The summed E-state index contributed by atoms with van der Waals surface area (Å²) in [6.45, 7) is 9.70. The molecule has 1 aliphatic heterocycles. The molecular formula is C24H33NO6S. The highest BCUT2D eigenvalue weighted by molar-refractivity contribution is 7.91. The highest BCUT2D eigenvalue weighted by Gasteiger charge is 2.36. The Labute approximate surface area is 190 Å². The van der Waals surface area contributed by atoms with Gasteiger partial charge in [0.05, 0.1) is 24.2 Å². The minimum absolute atomic E-state index is 0.00200. The SMILES string of the molecule is CC[C@H](C)N(C(=O)COC(=O)Cc1coc2cc(C)c(C(C)C)cc12)[C@@H]1CCS(=O)(=O)C1. The van der Waals surface area contributed by atoms with Gasteiger partial charge in [0.2, 0.25) is 0 Å². The number of aryl methyl sites for hydroxylation is 1. The summed E-state index contributed by atoms with van der Waals surface area (Å²) in [5.41, 5.74) is 3.77. The zero-order valence-electron chi connectivity index (χ0n) is 19.5. The van der Waals surface area contributed by atoms with Crippen molar-refractivity contribution >= 4 is 32.7 Å². The van der Waals surface area contributed by atoms with E-state index in [1.54, 1.807) is 11.2 Å². The maximum atomic E-state index is 12.9. The summed E-state index contributed by atoms with van der Waals surface area (Å²) in [7, 11) is -3.13. The summed E-state index contributed by atoms with van der Waals surface area (Å²) in [5.74, 6) is -0.475. The Morgan fingerprint density at radius 1 is 1.25 bits per heavy atom. The summed E-state index contributed by atoms with van der Waals surface area (Å²) >= 11 is 0. The average Bonchev–Trinajstić information content (AvgIpc) is 3.27. The molecule has 0 N–H and O–H groups in total. The van der Waals surface area contributed by atoms with Crippen LogP contribution in [0.4, 0.5) is 0 Å². The van der Waals surface area contributed by atoms with Crippen molar-refractivity contribution < 1.29 is 27.2 Å². The lowest BCUT2D eigenvalue weighted by Crippen LogP contribution is -2.48. The summed E-state index contributed by atoms with van der Waals surface area (Å²) in [4.78, 5) is 26.9. The Morgan fingerprint density at radius 3 is 2.56 bits per heavy atom. The van der Waals surface area contributed by atoms with Crippen molar-refractivity contribution in [1.29, 1.82) is 0 Å². The molecule has 1 aromatic carbocycles. The number of hydrogen-bond donors (Lipinski definition) is 0. The van der Waals surface area contributed by atoms with Crippen molar-refractivity contribution in [2.45, 2.75) is 71.9 Å². The molecule has 7 nitrogen and oxygen atoms in total. The lowest BCUT2D eigenvalue weighted by atomic mass is 9.95. The van der Waals surface area contributed by atoms with Gasteiger partial charge in [0, 0.05) is 23.0 Å². The molecule has 0 unspecified atom stereocenters. The van der Waals surface area contributed by atoms with Crippen LogP contribution < -0.4 is 0 Å². The number of fused-ring (bicyclic) bond motifs is 1. The van der Waals surface area contributed by atoms with Gasteiger partial charge in [0.25, 0.3) is 5.91 Å². The van der Waals surface area contributed by atoms with E-state index in [9.17, 15) is 18.0 Å². The number of furan rings is 1. The number of sulfone groups is 1. The Balaban J connectivity index is 1.67. The van der Waals surface area contributed by atoms with E-state index in [4.69, 9.17) is 9.15 Å². The monoisotopic (exact) mass is 463 g/mol. The average molecular weight is 464 g/mol. The fourth-order valence-corrected chi connectivity index (χ4v) is 6.14. The minimum Gasteiger partial charge on any atom is -0.464 e. The van der Waals surface area contributed by atoms with Gasteiger partial charge in [-0.3, -0.25) is 9.59 Å². The standard InChI is InChI=1S/C24H33NO6S/c1-6-17(5)25(19-7-8-32(28,29)14-19)23(26)13-31-24(27)10-18-12-30-22-9-16(4)20(15(2)3)11-21(18)22/h9,11-12,15,17,19H,6-8,10,13-14H2,1-5H3/t17-,19+/m0/s1. The molecule has 1 saturated heterocycles. The van der Waals surface area contributed by atoms with Crippen molar-refractivity contribution in [3.05, 3.63) is 35.1 Å². The van der Waals surface area contributed by atoms with Gasteiger partial charge < -0.3 is 14.1 Å². The molecule has 0 aliphatic carbocycles. The van der Waals surface area contributed by atoms with Crippen LogP contribution in [0, 0.1) is 6.92 Å². The molecule has 2 heterocycles. The van der Waals surface area contributed by atoms with Gasteiger partial charge in [-0.2, -0.15) is 0 Å². The molecule has 0 radical (unpaired) electrons. The smallest absolute Gasteiger partial charge is 0.310 e. The highest BCUT2D eigenvalue weighted by atomic mass is 32.2. The third-order valence-corrected chi connectivity index (χ3v) is 8.06. The molecule has 1 aliphatic rings. The molecule has 1 fully saturated rings. The molecular weight excluding hydrogens is 430 g/mol. The quantitative estimate of drug-likeness (QED) is 0.553. The van der Waals surface area contributed by atoms with Crippen LogP contribution in [-0.2, 0) is 30.6 Å². The number of amides is 1. The van der Waals surface area contributed by atoms with Crippen molar-refractivity contribution in [3.63, 3.8) is 0 Å². The van der Waals surface area contributed by atoms with Crippen molar-refractivity contribution in [3.8, 4) is 0 Å². The van der Waals surface area contributed by atoms with Crippen molar-refractivity contribution in [1.82, 2.24) is 4.90 Å².